The van der Waals surface area contributed by atoms with Gasteiger partial charge in [-0.1, -0.05) is 60.7 Å². The smallest absolute Gasteiger partial charge is 0.366 e. The maximum absolute atomic E-state index is 7.14. The van der Waals surface area contributed by atoms with Crippen LogP contribution >= 0.6 is 15.8 Å². The molecule has 4 aromatic carbocycles. The molecule has 4 aromatic rings. The second-order valence-corrected chi connectivity index (χ2v) is 21.4. The molecule has 4 heteroatoms. The zero-order valence-electron chi connectivity index (χ0n) is 27.9. The minimum Gasteiger partial charge on any atom is -0.366 e. The molecule has 0 saturated carbocycles. The summed E-state index contributed by atoms with van der Waals surface area (Å²) in [5, 5.41) is 0. The Labute approximate surface area is 318 Å². The molecule has 2 fully saturated rings. The van der Waals surface area contributed by atoms with Gasteiger partial charge in [-0.2, -0.15) is 0 Å². The molecule has 0 N–H and O–H groups in total. The van der Waals surface area contributed by atoms with Crippen molar-refractivity contribution in [2.45, 2.75) is 88.9 Å². The minimum absolute atomic E-state index is 0. The van der Waals surface area contributed by atoms with Crippen molar-refractivity contribution in [3.05, 3.63) is 131 Å². The van der Waals surface area contributed by atoms with E-state index in [2.05, 4.69) is 100 Å². The second-order valence-electron chi connectivity index (χ2n) is 13.7. The van der Waals surface area contributed by atoms with Crippen LogP contribution in [0.25, 0.3) is 22.3 Å². The Balaban J connectivity index is 0.000000156. The molecule has 2 aliphatic heterocycles. The Morgan fingerprint density at radius 1 is 0.511 bits per heavy atom. The monoisotopic (exact) mass is 1020 g/mol. The van der Waals surface area contributed by atoms with E-state index in [1.54, 1.807) is 31.6 Å². The third-order valence-electron chi connectivity index (χ3n) is 10.9. The van der Waals surface area contributed by atoms with Crippen LogP contribution < -0.4 is 0 Å². The van der Waals surface area contributed by atoms with Crippen molar-refractivity contribution in [2.24, 2.45) is 0 Å². The Morgan fingerprint density at radius 3 is 1.21 bits per heavy atom. The van der Waals surface area contributed by atoms with Gasteiger partial charge < -0.3 is 12.8 Å². The van der Waals surface area contributed by atoms with Crippen LogP contribution in [0.1, 0.15) is 86.8 Å². The molecule has 4 aliphatic rings. The van der Waals surface area contributed by atoms with Crippen LogP contribution in [0, 0.1) is 24.7 Å². The van der Waals surface area contributed by atoms with Gasteiger partial charge in [0.1, 0.15) is 0 Å². The van der Waals surface area contributed by atoms with Crippen molar-refractivity contribution in [3.63, 3.8) is 0 Å². The summed E-state index contributed by atoms with van der Waals surface area (Å²) in [6.45, 7) is 10.2. The summed E-state index contributed by atoms with van der Waals surface area (Å²) in [5.74, 6) is 6.61. The van der Waals surface area contributed by atoms with Gasteiger partial charge in [-0.15, -0.1) is 35.4 Å². The summed E-state index contributed by atoms with van der Waals surface area (Å²) >= 11 is 0. The molecule has 0 aromatic heterocycles. The fourth-order valence-electron chi connectivity index (χ4n) is 8.05. The Kier molecular flexibility index (Phi) is 14.1. The van der Waals surface area contributed by atoms with Crippen molar-refractivity contribution in [1.82, 2.24) is 0 Å². The van der Waals surface area contributed by atoms with E-state index in [0.717, 1.165) is 46.6 Å². The third-order valence-corrected chi connectivity index (χ3v) is 20.4. The van der Waals surface area contributed by atoms with Gasteiger partial charge in [0, 0.05) is 15.8 Å². The molecule has 47 heavy (non-hydrogen) atoms. The van der Waals surface area contributed by atoms with Crippen molar-refractivity contribution >= 4 is 15.8 Å². The van der Waals surface area contributed by atoms with Crippen LogP contribution in [0.5, 0.6) is 0 Å². The molecule has 0 spiro atoms. The second kappa shape index (κ2) is 17.3. The van der Waals surface area contributed by atoms with Gasteiger partial charge in [-0.05, 0) is 111 Å². The molecule has 4 atom stereocenters. The summed E-state index contributed by atoms with van der Waals surface area (Å²) in [7, 11) is 0.0593. The fourth-order valence-corrected chi connectivity index (χ4v) is 19.6. The average Bonchev–Trinajstić information content (AvgIpc) is 3.81. The van der Waals surface area contributed by atoms with E-state index >= 15 is 0 Å². The molecule has 8 rings (SSSR count). The first-order valence-corrected chi connectivity index (χ1v) is 20.6. The topological polar surface area (TPSA) is 0 Å². The van der Waals surface area contributed by atoms with E-state index in [1.165, 1.54) is 44.5 Å². The van der Waals surface area contributed by atoms with Gasteiger partial charge in [0.2, 0.25) is 0 Å². The van der Waals surface area contributed by atoms with Crippen molar-refractivity contribution in [2.75, 3.05) is 5.90 Å². The van der Waals surface area contributed by atoms with Gasteiger partial charge in [0.25, 0.3) is 0 Å². The van der Waals surface area contributed by atoms with E-state index in [0.29, 0.717) is 0 Å². The molecule has 2 saturated heterocycles. The van der Waals surface area contributed by atoms with Crippen molar-refractivity contribution in [3.8, 4) is 34.1 Å². The van der Waals surface area contributed by atoms with Gasteiger partial charge in [0.05, 0.1) is 22.6 Å². The first-order chi connectivity index (χ1) is 21.9. The number of rotatable bonds is 2. The van der Waals surface area contributed by atoms with E-state index in [-0.39, 0.29) is 60.6 Å². The summed E-state index contributed by atoms with van der Waals surface area (Å²) in [4.78, 5) is 0. The summed E-state index contributed by atoms with van der Waals surface area (Å²) in [5.41, 5.74) is 16.8. The van der Waals surface area contributed by atoms with Crippen LogP contribution in [0.2, 0.25) is 0 Å². The maximum atomic E-state index is 7.14. The summed E-state index contributed by atoms with van der Waals surface area (Å²) in [6.07, 6.45) is 22.5. The van der Waals surface area contributed by atoms with Crippen LogP contribution in [0.3, 0.4) is 0 Å². The van der Waals surface area contributed by atoms with E-state index in [4.69, 9.17) is 12.8 Å². The molecule has 0 bridgehead atoms. The minimum atomic E-state index is 0. The predicted octanol–water partition coefficient (Wildman–Crippen LogP) is 10.9. The Hall–Kier alpha value is -1.66. The number of benzene rings is 4. The molecule has 0 radical (unpaired) electrons. The number of fused-ring (bicyclic) bond motifs is 6. The maximum Gasteiger partial charge on any atom is 1.00 e. The first kappa shape index (κ1) is 38.1. The quantitative estimate of drug-likeness (QED) is 0.0702. The standard InChI is InChI=1S/2C15H9.C13H26P2.2Au/c2*1-2-11-7-8-13-10-12-5-3-4-6-14(12)15(13)9-11;1-10-5-6-11(2)14(10)9-15-12(3)7-8-13(15)4;;/h2*3-9H,10H2;10-13H,5-9H2,1-4H3;;/q2*-1;;2*+1/p+2/t;;10-,11-,12-,13-;;/m..0../s1. The van der Waals surface area contributed by atoms with Crippen LogP contribution in [0.4, 0.5) is 0 Å². The van der Waals surface area contributed by atoms with Gasteiger partial charge in [-0.3, -0.25) is 11.8 Å². The molecular formula is C43H46Au2P2+2. The third kappa shape index (κ3) is 8.56. The van der Waals surface area contributed by atoms with Gasteiger partial charge in [-0.25, -0.2) is 0 Å². The first-order valence-electron chi connectivity index (χ1n) is 16.8. The van der Waals surface area contributed by atoms with Crippen molar-refractivity contribution in [1.29, 1.82) is 0 Å². The zero-order valence-corrected chi connectivity index (χ0v) is 34.3. The molecule has 248 valence electrons. The zero-order chi connectivity index (χ0) is 31.5. The van der Waals surface area contributed by atoms with Crippen LogP contribution in [-0.2, 0) is 57.6 Å². The number of hydrogen-bond donors (Lipinski definition) is 0. The van der Waals surface area contributed by atoms with Crippen molar-refractivity contribution < 1.29 is 44.8 Å². The summed E-state index contributed by atoms with van der Waals surface area (Å²) < 4.78 is 0. The summed E-state index contributed by atoms with van der Waals surface area (Å²) in [6, 6.07) is 29.1. The normalized spacial score (nSPS) is 21.5. The molecular weight excluding hydrogens is 972 g/mol. The molecule has 2 aliphatic carbocycles. The van der Waals surface area contributed by atoms with E-state index < -0.39 is 0 Å². The molecule has 0 amide bonds. The van der Waals surface area contributed by atoms with Crippen LogP contribution in [-0.4, -0.2) is 28.5 Å². The molecule has 2 heterocycles. The Morgan fingerprint density at radius 2 is 0.851 bits per heavy atom. The van der Waals surface area contributed by atoms with Gasteiger partial charge >= 0.3 is 44.8 Å². The largest absolute Gasteiger partial charge is 1.00 e. The Bertz CT molecular complexity index is 1610. The molecule has 0 unspecified atom stereocenters. The van der Waals surface area contributed by atoms with E-state index in [1.807, 2.05) is 24.3 Å². The van der Waals surface area contributed by atoms with E-state index in [9.17, 15) is 0 Å². The average molecular weight is 1020 g/mol. The number of hydrogen-bond acceptors (Lipinski definition) is 0. The predicted molar refractivity (Wildman–Crippen MR) is 200 cm³/mol. The van der Waals surface area contributed by atoms with Gasteiger partial charge in [0.15, 0.2) is 5.90 Å². The van der Waals surface area contributed by atoms with Crippen LogP contribution in [0.15, 0.2) is 84.9 Å². The fraction of sp³-hybridized carbons (Fsp3) is 0.349. The SMILES string of the molecule is C[C@H]1CC[C@H](C)[PH+]1C[PH+]1[C@@H](C)CC[C@@H]1C.[Au+].[Au+].[C-]#Cc1ccc2c(c1)-c1ccccc1C2.[C-]#Cc1ccc2c(c1)-c1ccccc1C2. The molecule has 0 nitrogen and oxygen atoms in total.